The van der Waals surface area contributed by atoms with Crippen LogP contribution in [0.2, 0.25) is 0 Å². The van der Waals surface area contributed by atoms with E-state index in [0.29, 0.717) is 22.8 Å². The molecule has 0 aliphatic carbocycles. The standard InChI is InChI=1S/C18H17NO3/c1-20-16-7-5-4-6-15(16)14(12-19)10-13-8-9-17(21-2)18(11-13)22-3/h4-11H,1-3H3. The van der Waals surface area contributed by atoms with Gasteiger partial charge in [-0.1, -0.05) is 18.2 Å². The monoisotopic (exact) mass is 295 g/mol. The molecule has 0 heterocycles. The fraction of sp³-hybridized carbons (Fsp3) is 0.167. The van der Waals surface area contributed by atoms with Gasteiger partial charge in [0.05, 0.1) is 33.0 Å². The molecule has 0 unspecified atom stereocenters. The lowest BCUT2D eigenvalue weighted by atomic mass is 10.0. The van der Waals surface area contributed by atoms with Gasteiger partial charge in [-0.05, 0) is 35.9 Å². The van der Waals surface area contributed by atoms with Crippen molar-refractivity contribution in [3.8, 4) is 23.3 Å². The van der Waals surface area contributed by atoms with E-state index >= 15 is 0 Å². The lowest BCUT2D eigenvalue weighted by Crippen LogP contribution is -1.92. The van der Waals surface area contributed by atoms with Gasteiger partial charge in [-0.3, -0.25) is 0 Å². The highest BCUT2D eigenvalue weighted by atomic mass is 16.5. The first-order valence-corrected chi connectivity index (χ1v) is 6.70. The average molecular weight is 295 g/mol. The number of hydrogen-bond acceptors (Lipinski definition) is 4. The minimum atomic E-state index is 0.518. The summed E-state index contributed by atoms with van der Waals surface area (Å²) >= 11 is 0. The number of nitrogens with zero attached hydrogens (tertiary/aromatic N) is 1. The predicted octanol–water partition coefficient (Wildman–Crippen LogP) is 3.78. The molecule has 0 bridgehead atoms. The smallest absolute Gasteiger partial charge is 0.161 e. The van der Waals surface area contributed by atoms with E-state index in [0.717, 1.165) is 11.1 Å². The van der Waals surface area contributed by atoms with Crippen LogP contribution in [-0.4, -0.2) is 21.3 Å². The molecular weight excluding hydrogens is 278 g/mol. The zero-order chi connectivity index (χ0) is 15.9. The van der Waals surface area contributed by atoms with E-state index in [-0.39, 0.29) is 0 Å². The Hall–Kier alpha value is -2.93. The van der Waals surface area contributed by atoms with Crippen LogP contribution in [0.1, 0.15) is 11.1 Å². The van der Waals surface area contributed by atoms with E-state index in [1.807, 2.05) is 42.5 Å². The normalized spacial score (nSPS) is 10.7. The number of ether oxygens (including phenoxy) is 3. The molecule has 112 valence electrons. The molecule has 0 aromatic heterocycles. The highest BCUT2D eigenvalue weighted by Gasteiger charge is 2.09. The number of nitriles is 1. The molecule has 2 aromatic rings. The van der Waals surface area contributed by atoms with Crippen molar-refractivity contribution in [3.05, 3.63) is 53.6 Å². The maximum absolute atomic E-state index is 9.46. The Morgan fingerprint density at radius 2 is 1.59 bits per heavy atom. The second kappa shape index (κ2) is 7.19. The molecule has 0 aliphatic heterocycles. The first-order valence-electron chi connectivity index (χ1n) is 6.70. The number of methoxy groups -OCH3 is 3. The maximum Gasteiger partial charge on any atom is 0.161 e. The lowest BCUT2D eigenvalue weighted by Gasteiger charge is -2.09. The summed E-state index contributed by atoms with van der Waals surface area (Å²) in [7, 11) is 4.75. The van der Waals surface area contributed by atoms with Crippen molar-refractivity contribution < 1.29 is 14.2 Å². The predicted molar refractivity (Wildman–Crippen MR) is 86.0 cm³/mol. The molecule has 0 atom stereocenters. The van der Waals surface area contributed by atoms with Crippen LogP contribution < -0.4 is 14.2 Å². The van der Waals surface area contributed by atoms with Crippen LogP contribution in [0.4, 0.5) is 0 Å². The number of benzene rings is 2. The maximum atomic E-state index is 9.46. The van der Waals surface area contributed by atoms with Crippen LogP contribution in [0.15, 0.2) is 42.5 Å². The van der Waals surface area contributed by atoms with Gasteiger partial charge in [0.2, 0.25) is 0 Å². The Balaban J connectivity index is 2.48. The number of rotatable bonds is 5. The van der Waals surface area contributed by atoms with Gasteiger partial charge in [0.25, 0.3) is 0 Å². The molecule has 0 saturated carbocycles. The van der Waals surface area contributed by atoms with Gasteiger partial charge in [-0.2, -0.15) is 5.26 Å². The van der Waals surface area contributed by atoms with Crippen molar-refractivity contribution in [1.82, 2.24) is 0 Å². The first-order chi connectivity index (χ1) is 10.7. The topological polar surface area (TPSA) is 51.5 Å². The van der Waals surface area contributed by atoms with Crippen molar-refractivity contribution in [1.29, 1.82) is 5.26 Å². The Kier molecular flexibility index (Phi) is 5.05. The number of hydrogen-bond donors (Lipinski definition) is 0. The van der Waals surface area contributed by atoms with E-state index in [2.05, 4.69) is 6.07 Å². The second-order valence-corrected chi connectivity index (χ2v) is 4.48. The minimum absolute atomic E-state index is 0.518. The van der Waals surface area contributed by atoms with E-state index in [9.17, 15) is 5.26 Å². The zero-order valence-electron chi connectivity index (χ0n) is 12.8. The summed E-state index contributed by atoms with van der Waals surface area (Å²) in [5, 5.41) is 9.46. The quantitative estimate of drug-likeness (QED) is 0.622. The summed E-state index contributed by atoms with van der Waals surface area (Å²) in [4.78, 5) is 0. The molecule has 0 aliphatic rings. The third-order valence-corrected chi connectivity index (χ3v) is 3.24. The van der Waals surface area contributed by atoms with Gasteiger partial charge in [0, 0.05) is 5.56 Å². The second-order valence-electron chi connectivity index (χ2n) is 4.48. The summed E-state index contributed by atoms with van der Waals surface area (Å²) in [6.45, 7) is 0. The third-order valence-electron chi connectivity index (χ3n) is 3.24. The van der Waals surface area contributed by atoms with Crippen LogP contribution in [0, 0.1) is 11.3 Å². The van der Waals surface area contributed by atoms with E-state index in [1.165, 1.54) is 0 Å². The average Bonchev–Trinajstić information content (AvgIpc) is 2.59. The Bertz CT molecular complexity index is 729. The fourth-order valence-corrected chi connectivity index (χ4v) is 2.15. The fourth-order valence-electron chi connectivity index (χ4n) is 2.15. The Morgan fingerprint density at radius 3 is 2.23 bits per heavy atom. The van der Waals surface area contributed by atoms with Crippen LogP contribution in [-0.2, 0) is 0 Å². The van der Waals surface area contributed by atoms with Crippen molar-refractivity contribution in [2.45, 2.75) is 0 Å². The van der Waals surface area contributed by atoms with Crippen molar-refractivity contribution in [2.75, 3.05) is 21.3 Å². The summed E-state index contributed by atoms with van der Waals surface area (Å²) in [5.41, 5.74) is 2.12. The van der Waals surface area contributed by atoms with E-state index in [4.69, 9.17) is 14.2 Å². The molecule has 2 rings (SSSR count). The van der Waals surface area contributed by atoms with Gasteiger partial charge >= 0.3 is 0 Å². The van der Waals surface area contributed by atoms with Gasteiger partial charge in [0.15, 0.2) is 11.5 Å². The summed E-state index contributed by atoms with van der Waals surface area (Å²) in [6.07, 6.45) is 1.79. The van der Waals surface area contributed by atoms with Crippen LogP contribution in [0.3, 0.4) is 0 Å². The molecule has 4 heteroatoms. The lowest BCUT2D eigenvalue weighted by molar-refractivity contribution is 0.355. The minimum Gasteiger partial charge on any atom is -0.496 e. The molecular formula is C18H17NO3. The highest BCUT2D eigenvalue weighted by Crippen LogP contribution is 2.31. The van der Waals surface area contributed by atoms with E-state index < -0.39 is 0 Å². The molecule has 2 aromatic carbocycles. The molecule has 0 amide bonds. The first kappa shape index (κ1) is 15.5. The summed E-state index contributed by atoms with van der Waals surface area (Å²) < 4.78 is 15.8. The van der Waals surface area contributed by atoms with Crippen LogP contribution in [0.25, 0.3) is 11.6 Å². The Labute approximate surface area is 130 Å². The van der Waals surface area contributed by atoms with Gasteiger partial charge < -0.3 is 14.2 Å². The van der Waals surface area contributed by atoms with Gasteiger partial charge in [0.1, 0.15) is 5.75 Å². The summed E-state index contributed by atoms with van der Waals surface area (Å²) in [6, 6.07) is 15.1. The van der Waals surface area contributed by atoms with Gasteiger partial charge in [-0.25, -0.2) is 0 Å². The van der Waals surface area contributed by atoms with E-state index in [1.54, 1.807) is 27.4 Å². The summed E-state index contributed by atoms with van der Waals surface area (Å²) in [5.74, 6) is 1.93. The number of para-hydroxylation sites is 1. The molecule has 4 nitrogen and oxygen atoms in total. The van der Waals surface area contributed by atoms with Crippen LogP contribution in [0.5, 0.6) is 17.2 Å². The van der Waals surface area contributed by atoms with Gasteiger partial charge in [-0.15, -0.1) is 0 Å². The SMILES string of the molecule is COc1ccc(C=C(C#N)c2ccccc2OC)cc1OC. The Morgan fingerprint density at radius 1 is 0.909 bits per heavy atom. The molecule has 22 heavy (non-hydrogen) atoms. The van der Waals surface area contributed by atoms with Crippen molar-refractivity contribution >= 4 is 11.6 Å². The molecule has 0 saturated heterocycles. The molecule has 0 N–H and O–H groups in total. The third kappa shape index (κ3) is 3.21. The van der Waals surface area contributed by atoms with Crippen LogP contribution >= 0.6 is 0 Å². The molecule has 0 spiro atoms. The van der Waals surface area contributed by atoms with Crippen molar-refractivity contribution in [3.63, 3.8) is 0 Å². The zero-order valence-corrected chi connectivity index (χ0v) is 12.8. The van der Waals surface area contributed by atoms with Crippen molar-refractivity contribution in [2.24, 2.45) is 0 Å². The number of allylic oxidation sites excluding steroid dienone is 1. The highest BCUT2D eigenvalue weighted by molar-refractivity contribution is 5.91. The molecule has 0 fully saturated rings. The molecule has 0 radical (unpaired) electrons. The largest absolute Gasteiger partial charge is 0.496 e.